The maximum Gasteiger partial charge on any atom is 0.252 e. The number of carbonyl (C=O) groups is 1. The second kappa shape index (κ2) is 9.38. The highest BCUT2D eigenvalue weighted by Gasteiger charge is 2.28. The van der Waals surface area contributed by atoms with Gasteiger partial charge in [0.2, 0.25) is 5.91 Å². The van der Waals surface area contributed by atoms with Crippen LogP contribution in [0.5, 0.6) is 0 Å². The van der Waals surface area contributed by atoms with E-state index >= 15 is 0 Å². The number of hydrogen-bond acceptors (Lipinski definition) is 7. The molecule has 29 heavy (non-hydrogen) atoms. The van der Waals surface area contributed by atoms with Crippen molar-refractivity contribution in [3.8, 4) is 0 Å². The molecule has 1 amide bonds. The molecule has 1 aliphatic heterocycles. The minimum absolute atomic E-state index is 0.0434. The van der Waals surface area contributed by atoms with Crippen molar-refractivity contribution in [2.75, 3.05) is 24.3 Å². The van der Waals surface area contributed by atoms with E-state index in [0.29, 0.717) is 29.1 Å². The first kappa shape index (κ1) is 21.9. The van der Waals surface area contributed by atoms with Crippen molar-refractivity contribution in [3.63, 3.8) is 0 Å². The van der Waals surface area contributed by atoms with Crippen LogP contribution in [-0.2, 0) is 19.4 Å². The van der Waals surface area contributed by atoms with Gasteiger partial charge in [-0.15, -0.1) is 0 Å². The van der Waals surface area contributed by atoms with Gasteiger partial charge in [-0.2, -0.15) is 0 Å². The molecule has 0 aliphatic carbocycles. The number of carbonyl (C=O) groups excluding carboxylic acids is 1. The summed E-state index contributed by atoms with van der Waals surface area (Å²) in [6.45, 7) is 2.74. The van der Waals surface area contributed by atoms with Gasteiger partial charge in [0.05, 0.1) is 16.8 Å². The molecule has 0 bridgehead atoms. The number of ether oxygens (including phenoxy) is 1. The van der Waals surface area contributed by atoms with Gasteiger partial charge in [0.15, 0.2) is 15.0 Å². The van der Waals surface area contributed by atoms with Crippen LogP contribution in [0.2, 0.25) is 4.34 Å². The molecule has 2 aromatic heterocycles. The molecule has 1 fully saturated rings. The second-order valence-corrected chi connectivity index (χ2v) is 10.7. The molecule has 1 N–H and O–H groups in total. The zero-order valence-electron chi connectivity index (χ0n) is 15.8. The number of sulfone groups is 1. The van der Waals surface area contributed by atoms with Crippen molar-refractivity contribution in [1.29, 1.82) is 0 Å². The van der Waals surface area contributed by atoms with Crippen LogP contribution >= 0.6 is 22.9 Å². The topological polar surface area (TPSA) is 107 Å². The molecule has 3 heterocycles. The monoisotopic (exact) mass is 459 g/mol. The Morgan fingerprint density at radius 2 is 2.17 bits per heavy atom. The molecule has 2 aromatic rings. The van der Waals surface area contributed by atoms with Crippen LogP contribution in [-0.4, -0.2) is 42.8 Å². The van der Waals surface area contributed by atoms with Gasteiger partial charge in [-0.1, -0.05) is 29.9 Å². The van der Waals surface area contributed by atoms with Crippen LogP contribution < -0.4 is 10.9 Å². The molecule has 1 saturated heterocycles. The third-order valence-corrected chi connectivity index (χ3v) is 7.66. The highest BCUT2D eigenvalue weighted by Crippen LogP contribution is 2.28. The molecule has 1 atom stereocenters. The quantitative estimate of drug-likeness (QED) is 0.682. The Balaban J connectivity index is 1.91. The number of aromatic nitrogens is 2. The van der Waals surface area contributed by atoms with Crippen LogP contribution in [0.1, 0.15) is 32.2 Å². The van der Waals surface area contributed by atoms with E-state index in [9.17, 15) is 18.0 Å². The summed E-state index contributed by atoms with van der Waals surface area (Å²) in [4.78, 5) is 29.7. The summed E-state index contributed by atoms with van der Waals surface area (Å²) in [5.41, 5.74) is -0.538. The number of thiazole rings is 1. The highest BCUT2D eigenvalue weighted by molar-refractivity contribution is 7.91. The first-order valence-corrected chi connectivity index (χ1v) is 12.1. The standard InChI is InChI=1S/C18H22ClN3O5S2/c1-2-29(25,26)13-3-6-22(16(23)10-13)14(9-12-4-7-27-8-5-12)17(24)21-18-20-11-15(19)28-18/h3,6,10-12,14H,2,4-5,7-9H2,1H3,(H,20,21,24). The van der Waals surface area contributed by atoms with Gasteiger partial charge in [-0.3, -0.25) is 9.59 Å². The second-order valence-electron chi connectivity index (χ2n) is 6.78. The Bertz CT molecular complexity index is 1030. The van der Waals surface area contributed by atoms with Gasteiger partial charge < -0.3 is 14.6 Å². The van der Waals surface area contributed by atoms with Gasteiger partial charge in [0.25, 0.3) is 5.56 Å². The summed E-state index contributed by atoms with van der Waals surface area (Å²) in [6.07, 6.45) is 4.84. The van der Waals surface area contributed by atoms with E-state index in [1.165, 1.54) is 30.0 Å². The van der Waals surface area contributed by atoms with Crippen LogP contribution in [0.15, 0.2) is 34.2 Å². The molecule has 0 spiro atoms. The van der Waals surface area contributed by atoms with Crippen LogP contribution in [0.3, 0.4) is 0 Å². The average Bonchev–Trinajstić information content (AvgIpc) is 3.11. The third-order valence-electron chi connectivity index (χ3n) is 4.90. The molecular weight excluding hydrogens is 438 g/mol. The number of amides is 1. The van der Waals surface area contributed by atoms with Crippen LogP contribution in [0.25, 0.3) is 0 Å². The summed E-state index contributed by atoms with van der Waals surface area (Å²) in [6, 6.07) is 1.64. The number of anilines is 1. The molecule has 11 heteroatoms. The molecule has 158 valence electrons. The molecule has 0 aromatic carbocycles. The zero-order valence-corrected chi connectivity index (χ0v) is 18.2. The van der Waals surface area contributed by atoms with E-state index < -0.39 is 27.3 Å². The molecule has 1 unspecified atom stereocenters. The zero-order chi connectivity index (χ0) is 21.0. The Morgan fingerprint density at radius 1 is 1.45 bits per heavy atom. The smallest absolute Gasteiger partial charge is 0.252 e. The van der Waals surface area contributed by atoms with Crippen LogP contribution in [0, 0.1) is 5.92 Å². The summed E-state index contributed by atoms with van der Waals surface area (Å²) >= 11 is 7.00. The summed E-state index contributed by atoms with van der Waals surface area (Å²) in [7, 11) is -3.51. The van der Waals surface area contributed by atoms with Crippen molar-refractivity contribution in [3.05, 3.63) is 39.2 Å². The number of nitrogens with zero attached hydrogens (tertiary/aromatic N) is 2. The molecule has 1 aliphatic rings. The summed E-state index contributed by atoms with van der Waals surface area (Å²) in [5.74, 6) is -0.284. The van der Waals surface area contributed by atoms with E-state index in [0.717, 1.165) is 30.2 Å². The first-order valence-electron chi connectivity index (χ1n) is 9.25. The van der Waals surface area contributed by atoms with E-state index in [1.807, 2.05) is 0 Å². The average molecular weight is 460 g/mol. The summed E-state index contributed by atoms with van der Waals surface area (Å²) < 4.78 is 31.2. The fourth-order valence-electron chi connectivity index (χ4n) is 3.23. The lowest BCUT2D eigenvalue weighted by molar-refractivity contribution is -0.120. The van der Waals surface area contributed by atoms with E-state index in [-0.39, 0.29) is 16.6 Å². The van der Waals surface area contributed by atoms with Crippen molar-refractivity contribution >= 4 is 43.8 Å². The number of nitrogens with one attached hydrogen (secondary N) is 1. The fraction of sp³-hybridized carbons (Fsp3) is 0.500. The minimum atomic E-state index is -3.51. The van der Waals surface area contributed by atoms with Gasteiger partial charge in [0.1, 0.15) is 10.4 Å². The normalized spacial score (nSPS) is 16.5. The van der Waals surface area contributed by atoms with Crippen LogP contribution in [0.4, 0.5) is 5.13 Å². The molecule has 3 rings (SSSR count). The van der Waals surface area contributed by atoms with Crippen molar-refractivity contribution in [1.82, 2.24) is 9.55 Å². The lowest BCUT2D eigenvalue weighted by Gasteiger charge is -2.27. The third kappa shape index (κ3) is 5.44. The maximum absolute atomic E-state index is 13.0. The van der Waals surface area contributed by atoms with E-state index in [2.05, 4.69) is 10.3 Å². The van der Waals surface area contributed by atoms with Gasteiger partial charge in [0, 0.05) is 25.5 Å². The molecule has 8 nitrogen and oxygen atoms in total. The summed E-state index contributed by atoms with van der Waals surface area (Å²) in [5, 5.41) is 3.05. The lowest BCUT2D eigenvalue weighted by atomic mass is 9.92. The van der Waals surface area contributed by atoms with E-state index in [1.54, 1.807) is 0 Å². The Hall–Kier alpha value is -1.75. The Kier molecular flexibility index (Phi) is 7.10. The number of halogens is 1. The van der Waals surface area contributed by atoms with Gasteiger partial charge in [-0.05, 0) is 31.2 Å². The highest BCUT2D eigenvalue weighted by atomic mass is 35.5. The molecule has 0 radical (unpaired) electrons. The Labute approximate surface area is 177 Å². The lowest BCUT2D eigenvalue weighted by Crippen LogP contribution is -2.35. The largest absolute Gasteiger partial charge is 0.381 e. The maximum atomic E-state index is 13.0. The SMILES string of the molecule is CCS(=O)(=O)c1ccn(C(CC2CCOCC2)C(=O)Nc2ncc(Cl)s2)c(=O)c1. The van der Waals surface area contributed by atoms with Gasteiger partial charge in [-0.25, -0.2) is 13.4 Å². The number of hydrogen-bond donors (Lipinski definition) is 1. The number of rotatable bonds is 7. The Morgan fingerprint density at radius 3 is 2.76 bits per heavy atom. The molecule has 0 saturated carbocycles. The van der Waals surface area contributed by atoms with Crippen molar-refractivity contribution < 1.29 is 17.9 Å². The van der Waals surface area contributed by atoms with E-state index in [4.69, 9.17) is 16.3 Å². The van der Waals surface area contributed by atoms with Gasteiger partial charge >= 0.3 is 0 Å². The van der Waals surface area contributed by atoms with Crippen molar-refractivity contribution in [2.45, 2.75) is 37.1 Å². The van der Waals surface area contributed by atoms with Crippen molar-refractivity contribution in [2.24, 2.45) is 5.92 Å². The predicted octanol–water partition coefficient (Wildman–Crippen LogP) is 2.75. The molecular formula is C18H22ClN3O5S2. The predicted molar refractivity (Wildman–Crippen MR) is 111 cm³/mol. The first-order chi connectivity index (χ1) is 13.8. The number of pyridine rings is 1. The fourth-order valence-corrected chi connectivity index (χ4v) is 4.93. The minimum Gasteiger partial charge on any atom is -0.381 e.